The Morgan fingerprint density at radius 3 is 2.95 bits per heavy atom. The van der Waals surface area contributed by atoms with Crippen molar-refractivity contribution >= 4 is 27.7 Å². The minimum absolute atomic E-state index is 0.265. The molecule has 0 aliphatic carbocycles. The molecule has 2 heterocycles. The van der Waals surface area contributed by atoms with Gasteiger partial charge < -0.3 is 9.88 Å². The third-order valence-corrected chi connectivity index (χ3v) is 2.91. The number of rotatable bonds is 4. The molecule has 0 aliphatic heterocycles. The van der Waals surface area contributed by atoms with Crippen LogP contribution in [0.3, 0.4) is 0 Å². The van der Waals surface area contributed by atoms with Crippen LogP contribution >= 0.6 is 15.9 Å². The molecule has 2 rings (SSSR count). The molecule has 0 saturated carbocycles. The minimum atomic E-state index is -0.310. The number of H-pyrrole nitrogens is 1. The zero-order valence-corrected chi connectivity index (χ0v) is 11.9. The lowest BCUT2D eigenvalue weighted by Gasteiger charge is -2.07. The van der Waals surface area contributed by atoms with Crippen molar-refractivity contribution in [3.05, 3.63) is 44.9 Å². The summed E-state index contributed by atoms with van der Waals surface area (Å²) in [6.07, 6.45) is 2.79. The van der Waals surface area contributed by atoms with Crippen molar-refractivity contribution in [1.29, 1.82) is 0 Å². The molecule has 0 fully saturated rings. The summed E-state index contributed by atoms with van der Waals surface area (Å²) in [4.78, 5) is 23.0. The zero-order chi connectivity index (χ0) is 13.8. The molecule has 0 unspecified atom stereocenters. The molecule has 0 aromatic carbocycles. The molecule has 2 aromatic rings. The summed E-state index contributed by atoms with van der Waals surface area (Å²) in [6.45, 7) is 2.80. The number of aromatic amines is 1. The number of hydrogen-bond donors (Lipinski definition) is 2. The zero-order valence-electron chi connectivity index (χ0n) is 10.3. The first-order valence-electron chi connectivity index (χ1n) is 5.83. The maximum atomic E-state index is 12.1. The van der Waals surface area contributed by atoms with Crippen LogP contribution in [0.25, 0.3) is 0 Å². The third-order valence-electron chi connectivity index (χ3n) is 2.48. The van der Waals surface area contributed by atoms with E-state index >= 15 is 0 Å². The number of carbonyl (C=O) groups excluding carboxylic acids is 1. The van der Waals surface area contributed by atoms with Gasteiger partial charge in [0.2, 0.25) is 0 Å². The highest BCUT2D eigenvalue weighted by atomic mass is 79.9. The molecule has 2 N–H and O–H groups in total. The van der Waals surface area contributed by atoms with Crippen molar-refractivity contribution in [3.8, 4) is 0 Å². The second-order valence-corrected chi connectivity index (χ2v) is 4.91. The van der Waals surface area contributed by atoms with Crippen molar-refractivity contribution in [3.63, 3.8) is 0 Å². The predicted molar refractivity (Wildman–Crippen MR) is 75.2 cm³/mol. The number of nitrogens with zero attached hydrogens (tertiary/aromatic N) is 2. The first-order chi connectivity index (χ1) is 9.10. The Morgan fingerprint density at radius 1 is 1.53 bits per heavy atom. The summed E-state index contributed by atoms with van der Waals surface area (Å²) in [5, 5.41) is 8.64. The molecular formula is C12H13BrN4O2. The molecule has 0 aliphatic rings. The lowest BCUT2D eigenvalue weighted by Crippen LogP contribution is -2.19. The number of amides is 1. The van der Waals surface area contributed by atoms with Crippen molar-refractivity contribution in [2.24, 2.45) is 0 Å². The molecule has 6 nitrogen and oxygen atoms in total. The Bertz CT molecular complexity index is 627. The van der Waals surface area contributed by atoms with Gasteiger partial charge in [0.05, 0.1) is 0 Å². The summed E-state index contributed by atoms with van der Waals surface area (Å²) >= 11 is 3.35. The van der Waals surface area contributed by atoms with Crippen LogP contribution in [0.2, 0.25) is 0 Å². The van der Waals surface area contributed by atoms with Gasteiger partial charge in [-0.15, -0.1) is 0 Å². The van der Waals surface area contributed by atoms with E-state index in [1.54, 1.807) is 6.07 Å². The Balaban J connectivity index is 2.19. The van der Waals surface area contributed by atoms with Gasteiger partial charge >= 0.3 is 0 Å². The third kappa shape index (κ3) is 3.31. The van der Waals surface area contributed by atoms with Gasteiger partial charge in [0.25, 0.3) is 11.5 Å². The van der Waals surface area contributed by atoms with Crippen LogP contribution in [-0.2, 0) is 6.54 Å². The average Bonchev–Trinajstić information content (AvgIpc) is 2.74. The van der Waals surface area contributed by atoms with Crippen LogP contribution in [0.5, 0.6) is 0 Å². The normalized spacial score (nSPS) is 10.4. The maximum Gasteiger partial charge on any atom is 0.273 e. The molecule has 100 valence electrons. The fraction of sp³-hybridized carbons (Fsp3) is 0.250. The first kappa shape index (κ1) is 13.5. The lowest BCUT2D eigenvalue weighted by atomic mass is 10.3. The molecule has 0 spiro atoms. The van der Waals surface area contributed by atoms with E-state index in [0.717, 1.165) is 17.4 Å². The summed E-state index contributed by atoms with van der Waals surface area (Å²) in [5.74, 6) is 0.0451. The maximum absolute atomic E-state index is 12.1. The fourth-order valence-electron chi connectivity index (χ4n) is 1.69. The SMILES string of the molecule is CCCn1cc(Br)cc1C(=O)Nc1ccc(=O)[nH]n1. The van der Waals surface area contributed by atoms with Crippen molar-refractivity contribution in [2.75, 3.05) is 5.32 Å². The van der Waals surface area contributed by atoms with Gasteiger partial charge in [0, 0.05) is 23.3 Å². The van der Waals surface area contributed by atoms with E-state index in [4.69, 9.17) is 0 Å². The second kappa shape index (κ2) is 5.83. The number of anilines is 1. The van der Waals surface area contributed by atoms with Gasteiger partial charge in [0.15, 0.2) is 5.82 Å². The molecule has 7 heteroatoms. The number of nitrogens with one attached hydrogen (secondary N) is 2. The summed E-state index contributed by atoms with van der Waals surface area (Å²) in [5.41, 5.74) is 0.233. The number of halogens is 1. The van der Waals surface area contributed by atoms with Gasteiger partial charge in [-0.2, -0.15) is 5.10 Å². The van der Waals surface area contributed by atoms with Crippen molar-refractivity contribution < 1.29 is 4.79 Å². The van der Waals surface area contributed by atoms with Crippen molar-refractivity contribution in [1.82, 2.24) is 14.8 Å². The molecule has 1 amide bonds. The van der Waals surface area contributed by atoms with Gasteiger partial charge in [-0.05, 0) is 34.5 Å². The molecule has 0 bridgehead atoms. The smallest absolute Gasteiger partial charge is 0.273 e. The minimum Gasteiger partial charge on any atom is -0.342 e. The quantitative estimate of drug-likeness (QED) is 0.902. The Kier molecular flexibility index (Phi) is 4.16. The van der Waals surface area contributed by atoms with Crippen LogP contribution in [0.15, 0.2) is 33.7 Å². The molecule has 0 radical (unpaired) electrons. The molecular weight excluding hydrogens is 312 g/mol. The lowest BCUT2D eigenvalue weighted by molar-refractivity contribution is 0.101. The fourth-order valence-corrected chi connectivity index (χ4v) is 2.15. The second-order valence-electron chi connectivity index (χ2n) is 4.00. The van der Waals surface area contributed by atoms with Crippen LogP contribution in [0.4, 0.5) is 5.82 Å². The summed E-state index contributed by atoms with van der Waals surface area (Å²) in [7, 11) is 0. The van der Waals surface area contributed by atoms with E-state index in [2.05, 4.69) is 31.4 Å². The number of aromatic nitrogens is 3. The van der Waals surface area contributed by atoms with Crippen LogP contribution in [0, 0.1) is 0 Å². The van der Waals surface area contributed by atoms with Crippen LogP contribution in [0.1, 0.15) is 23.8 Å². The summed E-state index contributed by atoms with van der Waals surface area (Å²) in [6, 6.07) is 4.51. The Morgan fingerprint density at radius 2 is 2.32 bits per heavy atom. The first-order valence-corrected chi connectivity index (χ1v) is 6.62. The van der Waals surface area contributed by atoms with Gasteiger partial charge in [-0.25, -0.2) is 5.10 Å². The van der Waals surface area contributed by atoms with E-state index < -0.39 is 0 Å². The van der Waals surface area contributed by atoms with Crippen LogP contribution < -0.4 is 10.9 Å². The highest BCUT2D eigenvalue weighted by molar-refractivity contribution is 9.10. The monoisotopic (exact) mass is 324 g/mol. The van der Waals surface area contributed by atoms with Gasteiger partial charge in [0.1, 0.15) is 5.69 Å². The topological polar surface area (TPSA) is 79.8 Å². The molecule has 19 heavy (non-hydrogen) atoms. The van der Waals surface area contributed by atoms with E-state index in [0.29, 0.717) is 11.5 Å². The Hall–Kier alpha value is -1.89. The van der Waals surface area contributed by atoms with Crippen LogP contribution in [-0.4, -0.2) is 20.7 Å². The van der Waals surface area contributed by atoms with Gasteiger partial charge in [-0.3, -0.25) is 9.59 Å². The predicted octanol–water partition coefficient (Wildman–Crippen LogP) is 2.00. The number of hydrogen-bond acceptors (Lipinski definition) is 3. The summed E-state index contributed by atoms with van der Waals surface area (Å²) < 4.78 is 2.71. The standard InChI is InChI=1S/C12H13BrN4O2/c1-2-5-17-7-8(13)6-9(17)12(19)14-10-3-4-11(18)16-15-10/h3-4,6-7H,2,5H2,1H3,(H,16,18)(H,14,15,19). The van der Waals surface area contributed by atoms with E-state index in [-0.39, 0.29) is 11.5 Å². The number of aryl methyl sites for hydroxylation is 1. The van der Waals surface area contributed by atoms with E-state index in [1.807, 2.05) is 17.7 Å². The van der Waals surface area contributed by atoms with E-state index in [1.165, 1.54) is 12.1 Å². The highest BCUT2D eigenvalue weighted by Crippen LogP contribution is 2.16. The molecule has 0 atom stereocenters. The Labute approximate surface area is 118 Å². The largest absolute Gasteiger partial charge is 0.342 e. The van der Waals surface area contributed by atoms with E-state index in [9.17, 15) is 9.59 Å². The number of carbonyl (C=O) groups is 1. The van der Waals surface area contributed by atoms with Crippen molar-refractivity contribution in [2.45, 2.75) is 19.9 Å². The molecule has 2 aromatic heterocycles. The molecule has 0 saturated heterocycles. The van der Waals surface area contributed by atoms with Gasteiger partial charge in [-0.1, -0.05) is 6.92 Å². The highest BCUT2D eigenvalue weighted by Gasteiger charge is 2.13. The average molecular weight is 325 g/mol.